The largest absolute Gasteiger partial charge is 0.388 e. The molecule has 0 bridgehead atoms. The third kappa shape index (κ3) is 2.34. The summed E-state index contributed by atoms with van der Waals surface area (Å²) in [6.45, 7) is 4.99. The molecule has 1 unspecified atom stereocenters. The number of likely N-dealkylation sites (tertiary alicyclic amines) is 1. The van der Waals surface area contributed by atoms with E-state index in [0.717, 1.165) is 39.9 Å². The van der Waals surface area contributed by atoms with E-state index in [2.05, 4.69) is 12.1 Å². The summed E-state index contributed by atoms with van der Waals surface area (Å²) in [5.74, 6) is 0.0590. The average Bonchev–Trinajstić information content (AvgIpc) is 2.75. The molecule has 0 radical (unpaired) electrons. The van der Waals surface area contributed by atoms with E-state index in [1.165, 1.54) is 0 Å². The van der Waals surface area contributed by atoms with Crippen molar-refractivity contribution in [1.29, 1.82) is 0 Å². The lowest BCUT2D eigenvalue weighted by Gasteiger charge is -2.36. The van der Waals surface area contributed by atoms with E-state index >= 15 is 0 Å². The number of carbonyl (C=O) groups is 1. The fraction of sp³-hybridized carbons (Fsp3) is 0.438. The Hall–Kier alpha value is -1.39. The van der Waals surface area contributed by atoms with Crippen LogP contribution >= 0.6 is 11.3 Å². The molecule has 3 rings (SSSR count). The van der Waals surface area contributed by atoms with Crippen molar-refractivity contribution >= 4 is 27.3 Å². The number of nitrogens with zero attached hydrogens (tertiary/aromatic N) is 1. The van der Waals surface area contributed by atoms with Gasteiger partial charge < -0.3 is 10.0 Å². The lowest BCUT2D eigenvalue weighted by atomic mass is 9.95. The van der Waals surface area contributed by atoms with Gasteiger partial charge in [0.2, 0.25) is 0 Å². The smallest absolute Gasteiger partial charge is 0.264 e. The molecule has 1 amide bonds. The molecule has 0 aliphatic carbocycles. The second-order valence-corrected chi connectivity index (χ2v) is 6.93. The molecule has 20 heavy (non-hydrogen) atoms. The Morgan fingerprint density at radius 2 is 2.15 bits per heavy atom. The third-order valence-corrected chi connectivity index (χ3v) is 5.26. The van der Waals surface area contributed by atoms with Gasteiger partial charge in [-0.05, 0) is 43.7 Å². The number of amides is 1. The van der Waals surface area contributed by atoms with Crippen LogP contribution in [0.2, 0.25) is 0 Å². The van der Waals surface area contributed by atoms with Gasteiger partial charge in [-0.2, -0.15) is 0 Å². The molecular weight excluding hydrogens is 270 g/mol. The fourth-order valence-corrected chi connectivity index (χ4v) is 4.09. The second kappa shape index (κ2) is 4.86. The Labute approximate surface area is 122 Å². The lowest BCUT2D eigenvalue weighted by molar-refractivity contribution is -0.0106. The summed E-state index contributed by atoms with van der Waals surface area (Å²) in [5.41, 5.74) is 0.305. The first-order valence-corrected chi connectivity index (χ1v) is 7.79. The molecule has 1 aliphatic rings. The van der Waals surface area contributed by atoms with Gasteiger partial charge in [-0.1, -0.05) is 18.2 Å². The van der Waals surface area contributed by atoms with Gasteiger partial charge in [0.1, 0.15) is 0 Å². The number of thiophene rings is 1. The SMILES string of the molecule is Cc1c(C(=O)N2CCCC(C)(O)C2)sc2ccccc12. The first kappa shape index (κ1) is 13.6. The second-order valence-electron chi connectivity index (χ2n) is 5.88. The van der Waals surface area contributed by atoms with Gasteiger partial charge in [0.05, 0.1) is 10.5 Å². The molecule has 2 heterocycles. The summed E-state index contributed by atoms with van der Waals surface area (Å²) in [6.07, 6.45) is 1.63. The predicted molar refractivity (Wildman–Crippen MR) is 82.3 cm³/mol. The van der Waals surface area contributed by atoms with Crippen molar-refractivity contribution in [2.45, 2.75) is 32.3 Å². The highest BCUT2D eigenvalue weighted by molar-refractivity contribution is 7.21. The van der Waals surface area contributed by atoms with Crippen LogP contribution in [0.15, 0.2) is 24.3 Å². The molecule has 1 aliphatic heterocycles. The van der Waals surface area contributed by atoms with Crippen LogP contribution in [-0.4, -0.2) is 34.6 Å². The molecule has 106 valence electrons. The maximum absolute atomic E-state index is 12.7. The van der Waals surface area contributed by atoms with E-state index < -0.39 is 5.60 Å². The van der Waals surface area contributed by atoms with Crippen molar-refractivity contribution in [3.63, 3.8) is 0 Å². The van der Waals surface area contributed by atoms with Crippen LogP contribution in [0.5, 0.6) is 0 Å². The van der Waals surface area contributed by atoms with Crippen molar-refractivity contribution < 1.29 is 9.90 Å². The van der Waals surface area contributed by atoms with Crippen molar-refractivity contribution in [3.8, 4) is 0 Å². The minimum atomic E-state index is -0.751. The molecule has 2 aromatic rings. The monoisotopic (exact) mass is 289 g/mol. The molecule has 1 fully saturated rings. The Morgan fingerprint density at radius 1 is 1.40 bits per heavy atom. The van der Waals surface area contributed by atoms with Gasteiger partial charge in [0, 0.05) is 17.8 Å². The Balaban J connectivity index is 1.94. The number of aryl methyl sites for hydroxylation is 1. The zero-order chi connectivity index (χ0) is 14.3. The van der Waals surface area contributed by atoms with Gasteiger partial charge >= 0.3 is 0 Å². The van der Waals surface area contributed by atoms with Gasteiger partial charge in [0.25, 0.3) is 5.91 Å². The zero-order valence-electron chi connectivity index (χ0n) is 11.8. The maximum Gasteiger partial charge on any atom is 0.264 e. The summed E-state index contributed by atoms with van der Waals surface area (Å²) in [5, 5.41) is 11.3. The first-order chi connectivity index (χ1) is 9.48. The third-order valence-electron chi connectivity index (χ3n) is 4.00. The topological polar surface area (TPSA) is 40.5 Å². The van der Waals surface area contributed by atoms with E-state index in [-0.39, 0.29) is 5.91 Å². The number of rotatable bonds is 1. The highest BCUT2D eigenvalue weighted by atomic mass is 32.1. The highest BCUT2D eigenvalue weighted by Crippen LogP contribution is 2.32. The van der Waals surface area contributed by atoms with Crippen LogP contribution in [0.1, 0.15) is 35.0 Å². The van der Waals surface area contributed by atoms with E-state index in [1.807, 2.05) is 26.0 Å². The molecule has 1 saturated heterocycles. The molecule has 3 nitrogen and oxygen atoms in total. The number of piperidine rings is 1. The number of benzene rings is 1. The van der Waals surface area contributed by atoms with Crippen molar-refractivity contribution in [1.82, 2.24) is 4.90 Å². The lowest BCUT2D eigenvalue weighted by Crippen LogP contribution is -2.48. The normalized spacial score (nSPS) is 23.2. The zero-order valence-corrected chi connectivity index (χ0v) is 12.7. The molecule has 1 aromatic carbocycles. The van der Waals surface area contributed by atoms with Crippen LogP contribution in [0, 0.1) is 6.92 Å². The molecular formula is C16H19NO2S. The van der Waals surface area contributed by atoms with Crippen molar-refractivity contribution in [3.05, 3.63) is 34.7 Å². The summed E-state index contributed by atoms with van der Waals surface area (Å²) in [4.78, 5) is 15.3. The standard InChI is InChI=1S/C16H19NO2S/c1-11-12-6-3-4-7-13(12)20-14(11)15(18)17-9-5-8-16(2,19)10-17/h3-4,6-7,19H,5,8-10H2,1-2H3. The summed E-state index contributed by atoms with van der Waals surface area (Å²) in [6, 6.07) is 8.11. The van der Waals surface area contributed by atoms with Crippen LogP contribution < -0.4 is 0 Å². The van der Waals surface area contributed by atoms with Gasteiger partial charge in [-0.25, -0.2) is 0 Å². The quantitative estimate of drug-likeness (QED) is 0.876. The average molecular weight is 289 g/mol. The van der Waals surface area contributed by atoms with Crippen LogP contribution in [0.3, 0.4) is 0 Å². The Bertz CT molecular complexity index is 660. The predicted octanol–water partition coefficient (Wildman–Crippen LogP) is 3.20. The summed E-state index contributed by atoms with van der Waals surface area (Å²) >= 11 is 1.55. The fourth-order valence-electron chi connectivity index (χ4n) is 2.92. The number of aliphatic hydroxyl groups is 1. The van der Waals surface area contributed by atoms with E-state index in [0.29, 0.717) is 6.54 Å². The first-order valence-electron chi connectivity index (χ1n) is 6.98. The summed E-state index contributed by atoms with van der Waals surface area (Å²) in [7, 11) is 0. The minimum absolute atomic E-state index is 0.0590. The highest BCUT2D eigenvalue weighted by Gasteiger charge is 2.32. The van der Waals surface area contributed by atoms with E-state index in [9.17, 15) is 9.90 Å². The number of fused-ring (bicyclic) bond motifs is 1. The Morgan fingerprint density at radius 3 is 2.85 bits per heavy atom. The number of hydrogen-bond donors (Lipinski definition) is 1. The number of carbonyl (C=O) groups excluding carboxylic acids is 1. The van der Waals surface area contributed by atoms with E-state index in [1.54, 1.807) is 16.2 Å². The van der Waals surface area contributed by atoms with Gasteiger partial charge in [0.15, 0.2) is 0 Å². The number of β-amino-alcohol motifs (C(OH)–C–C–N with tert-alkyl or cyclic N) is 1. The number of hydrogen-bond acceptors (Lipinski definition) is 3. The molecule has 0 spiro atoms. The van der Waals surface area contributed by atoms with Crippen LogP contribution in [0.4, 0.5) is 0 Å². The van der Waals surface area contributed by atoms with Crippen LogP contribution in [-0.2, 0) is 0 Å². The van der Waals surface area contributed by atoms with Crippen molar-refractivity contribution in [2.75, 3.05) is 13.1 Å². The van der Waals surface area contributed by atoms with Crippen LogP contribution in [0.25, 0.3) is 10.1 Å². The molecule has 4 heteroatoms. The molecule has 1 aromatic heterocycles. The maximum atomic E-state index is 12.7. The van der Waals surface area contributed by atoms with Crippen molar-refractivity contribution in [2.24, 2.45) is 0 Å². The molecule has 0 saturated carbocycles. The van der Waals surface area contributed by atoms with Gasteiger partial charge in [-0.15, -0.1) is 11.3 Å². The van der Waals surface area contributed by atoms with E-state index in [4.69, 9.17) is 0 Å². The minimum Gasteiger partial charge on any atom is -0.388 e. The molecule has 1 N–H and O–H groups in total. The van der Waals surface area contributed by atoms with Gasteiger partial charge in [-0.3, -0.25) is 4.79 Å². The summed E-state index contributed by atoms with van der Waals surface area (Å²) < 4.78 is 1.15. The Kier molecular flexibility index (Phi) is 3.30. The molecule has 1 atom stereocenters.